The van der Waals surface area contributed by atoms with Crippen molar-refractivity contribution in [3.8, 4) is 0 Å². The number of alkyl halides is 1. The number of halogens is 1. The van der Waals surface area contributed by atoms with Crippen LogP contribution in [-0.4, -0.2) is 9.93 Å². The molecule has 0 spiro atoms. The van der Waals surface area contributed by atoms with E-state index in [1.165, 1.54) is 0 Å². The van der Waals surface area contributed by atoms with E-state index in [2.05, 4.69) is 15.9 Å². The van der Waals surface area contributed by atoms with Gasteiger partial charge in [0.25, 0.3) is 0 Å². The first kappa shape index (κ1) is 6.62. The van der Waals surface area contributed by atoms with E-state index in [9.17, 15) is 0 Å². The van der Waals surface area contributed by atoms with Crippen LogP contribution in [0.2, 0.25) is 0 Å². The monoisotopic (exact) mass is 186 g/mol. The molecule has 0 amide bonds. The van der Waals surface area contributed by atoms with Gasteiger partial charge < -0.3 is 5.11 Å². The van der Waals surface area contributed by atoms with E-state index in [0.717, 1.165) is 0 Å². The quantitative estimate of drug-likeness (QED) is 0.577. The van der Waals surface area contributed by atoms with Crippen LogP contribution in [0, 0.1) is 0 Å². The number of aliphatic hydroxyl groups excluding tert-OH is 1. The second-order valence-corrected chi connectivity index (χ2v) is 2.84. The summed E-state index contributed by atoms with van der Waals surface area (Å²) in [5.41, 5.74) is 0. The summed E-state index contributed by atoms with van der Waals surface area (Å²) in [6, 6.07) is 0. The molecule has 0 heterocycles. The van der Waals surface area contributed by atoms with E-state index >= 15 is 0 Å². The molecular formula is C7H7BrO. The molecule has 9 heavy (non-hydrogen) atoms. The Balaban J connectivity index is 2.75. The minimum atomic E-state index is 0.249. The summed E-state index contributed by atoms with van der Waals surface area (Å²) >= 11 is 3.35. The number of aliphatic hydroxyl groups is 1. The van der Waals surface area contributed by atoms with E-state index in [1.54, 1.807) is 12.2 Å². The first-order valence-corrected chi connectivity index (χ1v) is 3.60. The van der Waals surface area contributed by atoms with Crippen LogP contribution in [0.3, 0.4) is 0 Å². The Hall–Kier alpha value is -0.500. The average molecular weight is 187 g/mol. The van der Waals surface area contributed by atoms with Gasteiger partial charge in [-0.25, -0.2) is 0 Å². The van der Waals surface area contributed by atoms with Crippen LogP contribution < -0.4 is 0 Å². The Bertz CT molecular complexity index is 179. The van der Waals surface area contributed by atoms with Gasteiger partial charge in [-0.1, -0.05) is 34.2 Å². The van der Waals surface area contributed by atoms with Gasteiger partial charge in [0.1, 0.15) is 5.76 Å². The highest BCUT2D eigenvalue weighted by atomic mass is 79.9. The molecule has 0 radical (unpaired) electrons. The Morgan fingerprint density at radius 2 is 2.22 bits per heavy atom. The minimum absolute atomic E-state index is 0.249. The molecule has 1 aliphatic carbocycles. The van der Waals surface area contributed by atoms with Gasteiger partial charge in [0.05, 0.1) is 4.83 Å². The standard InChI is InChI=1S/C7H7BrO/c8-6-2-1-3-7(9)5-4-6/h1-6,9H. The molecule has 0 saturated carbocycles. The molecule has 1 atom stereocenters. The maximum absolute atomic E-state index is 8.91. The number of hydrogen-bond acceptors (Lipinski definition) is 1. The fraction of sp³-hybridized carbons (Fsp3) is 0.143. The molecule has 2 heteroatoms. The molecular weight excluding hydrogens is 180 g/mol. The number of allylic oxidation sites excluding steroid dienone is 5. The lowest BCUT2D eigenvalue weighted by Crippen LogP contribution is -1.81. The summed E-state index contributed by atoms with van der Waals surface area (Å²) in [4.78, 5) is 0.249. The molecule has 1 unspecified atom stereocenters. The second-order valence-electron chi connectivity index (χ2n) is 1.78. The lowest BCUT2D eigenvalue weighted by atomic mass is 10.4. The Morgan fingerprint density at radius 3 is 3.00 bits per heavy atom. The minimum Gasteiger partial charge on any atom is -0.508 e. The van der Waals surface area contributed by atoms with Crippen molar-refractivity contribution >= 4 is 15.9 Å². The van der Waals surface area contributed by atoms with Gasteiger partial charge in [0, 0.05) is 0 Å². The predicted molar refractivity (Wildman–Crippen MR) is 41.7 cm³/mol. The molecule has 0 aromatic heterocycles. The Kier molecular flexibility index (Phi) is 2.11. The summed E-state index contributed by atoms with van der Waals surface area (Å²) in [7, 11) is 0. The SMILES string of the molecule is OC1=CC=CC(Br)C=C1. The molecule has 0 aromatic rings. The van der Waals surface area contributed by atoms with Crippen LogP contribution in [0.15, 0.2) is 36.1 Å². The maximum Gasteiger partial charge on any atom is 0.115 e. The van der Waals surface area contributed by atoms with Crippen LogP contribution in [0.1, 0.15) is 0 Å². The van der Waals surface area contributed by atoms with Gasteiger partial charge in [0.2, 0.25) is 0 Å². The smallest absolute Gasteiger partial charge is 0.115 e. The predicted octanol–water partition coefficient (Wildman–Crippen LogP) is 2.32. The summed E-state index contributed by atoms with van der Waals surface area (Å²) in [5, 5.41) is 8.91. The lowest BCUT2D eigenvalue weighted by molar-refractivity contribution is 0.433. The molecule has 0 saturated heterocycles. The summed E-state index contributed by atoms with van der Waals surface area (Å²) in [6.07, 6.45) is 8.95. The van der Waals surface area contributed by atoms with Gasteiger partial charge in [-0.3, -0.25) is 0 Å². The molecule has 1 nitrogen and oxygen atoms in total. The lowest BCUT2D eigenvalue weighted by Gasteiger charge is -1.89. The molecule has 1 aliphatic rings. The van der Waals surface area contributed by atoms with E-state index in [1.807, 2.05) is 18.2 Å². The first-order chi connectivity index (χ1) is 4.29. The second kappa shape index (κ2) is 2.87. The molecule has 48 valence electrons. The molecule has 0 fully saturated rings. The zero-order valence-corrected chi connectivity index (χ0v) is 6.38. The van der Waals surface area contributed by atoms with Gasteiger partial charge in [-0.2, -0.15) is 0 Å². The molecule has 0 bridgehead atoms. The highest BCUT2D eigenvalue weighted by Crippen LogP contribution is 2.08. The van der Waals surface area contributed by atoms with Gasteiger partial charge >= 0.3 is 0 Å². The van der Waals surface area contributed by atoms with Crippen LogP contribution in [0.5, 0.6) is 0 Å². The van der Waals surface area contributed by atoms with E-state index in [0.29, 0.717) is 5.76 Å². The Morgan fingerprint density at radius 1 is 1.44 bits per heavy atom. The van der Waals surface area contributed by atoms with E-state index in [4.69, 9.17) is 5.11 Å². The molecule has 0 aromatic carbocycles. The van der Waals surface area contributed by atoms with Crippen molar-refractivity contribution in [3.63, 3.8) is 0 Å². The highest BCUT2D eigenvalue weighted by Gasteiger charge is 1.94. The summed E-state index contributed by atoms with van der Waals surface area (Å²) < 4.78 is 0. The highest BCUT2D eigenvalue weighted by molar-refractivity contribution is 9.09. The number of rotatable bonds is 0. The third-order valence-electron chi connectivity index (χ3n) is 1.01. The summed E-state index contributed by atoms with van der Waals surface area (Å²) in [5.74, 6) is 0.299. The summed E-state index contributed by atoms with van der Waals surface area (Å²) in [6.45, 7) is 0. The van der Waals surface area contributed by atoms with Crippen molar-refractivity contribution in [2.75, 3.05) is 0 Å². The van der Waals surface area contributed by atoms with Gasteiger partial charge in [-0.15, -0.1) is 0 Å². The van der Waals surface area contributed by atoms with Crippen molar-refractivity contribution < 1.29 is 5.11 Å². The zero-order chi connectivity index (χ0) is 6.69. The van der Waals surface area contributed by atoms with Gasteiger partial charge in [-0.05, 0) is 12.2 Å². The van der Waals surface area contributed by atoms with E-state index < -0.39 is 0 Å². The fourth-order valence-corrected chi connectivity index (χ4v) is 0.899. The van der Waals surface area contributed by atoms with Crippen LogP contribution >= 0.6 is 15.9 Å². The van der Waals surface area contributed by atoms with E-state index in [-0.39, 0.29) is 4.83 Å². The average Bonchev–Trinajstić information content (AvgIpc) is 1.97. The first-order valence-electron chi connectivity index (χ1n) is 2.69. The number of hydrogen-bond donors (Lipinski definition) is 1. The van der Waals surface area contributed by atoms with Crippen LogP contribution in [0.25, 0.3) is 0 Å². The van der Waals surface area contributed by atoms with Crippen LogP contribution in [-0.2, 0) is 0 Å². The molecule has 1 rings (SSSR count). The zero-order valence-electron chi connectivity index (χ0n) is 4.79. The van der Waals surface area contributed by atoms with Crippen molar-refractivity contribution in [2.24, 2.45) is 0 Å². The topological polar surface area (TPSA) is 20.2 Å². The third-order valence-corrected chi connectivity index (χ3v) is 1.62. The van der Waals surface area contributed by atoms with Gasteiger partial charge in [0.15, 0.2) is 0 Å². The molecule has 0 aliphatic heterocycles. The fourth-order valence-electron chi connectivity index (χ4n) is 0.571. The Labute approximate surface area is 62.5 Å². The maximum atomic E-state index is 8.91. The van der Waals surface area contributed by atoms with Crippen molar-refractivity contribution in [2.45, 2.75) is 4.83 Å². The van der Waals surface area contributed by atoms with Crippen molar-refractivity contribution in [3.05, 3.63) is 36.1 Å². The van der Waals surface area contributed by atoms with Crippen molar-refractivity contribution in [1.82, 2.24) is 0 Å². The normalized spacial score (nSPS) is 25.4. The third kappa shape index (κ3) is 2.06. The van der Waals surface area contributed by atoms with Crippen LogP contribution in [0.4, 0.5) is 0 Å². The molecule has 1 N–H and O–H groups in total. The largest absolute Gasteiger partial charge is 0.508 e. The van der Waals surface area contributed by atoms with Crippen molar-refractivity contribution in [1.29, 1.82) is 0 Å².